The van der Waals surface area contributed by atoms with E-state index in [1.807, 2.05) is 48.5 Å². The van der Waals surface area contributed by atoms with E-state index in [1.54, 1.807) is 35.6 Å². The highest BCUT2D eigenvalue weighted by Gasteiger charge is 2.21. The molecule has 206 valence electrons. The van der Waals surface area contributed by atoms with Crippen LogP contribution in [0.4, 0.5) is 0 Å². The van der Waals surface area contributed by atoms with E-state index in [-0.39, 0.29) is 44.8 Å². The normalized spacial score (nSPS) is 15.5. The van der Waals surface area contributed by atoms with Crippen molar-refractivity contribution in [2.24, 2.45) is 0 Å². The first-order chi connectivity index (χ1) is 26.8. The fraction of sp³-hybridized carbons (Fsp3) is 0. The second-order valence-electron chi connectivity index (χ2n) is 9.96. The highest BCUT2D eigenvalue weighted by atomic mass is 32.1. The lowest BCUT2D eigenvalue weighted by molar-refractivity contribution is 1.07. The minimum absolute atomic E-state index is 0.165. The first-order valence-electron chi connectivity index (χ1n) is 19.7. The highest BCUT2D eigenvalue weighted by molar-refractivity contribution is 7.26. The molecule has 0 atom stereocenters. The molecule has 0 radical (unpaired) electrons. The number of rotatable bonds is 4. The lowest BCUT2D eigenvalue weighted by atomic mass is 10.1. The van der Waals surface area contributed by atoms with Crippen LogP contribution in [0, 0.1) is 0 Å². The number of thiophene rings is 1. The molecule has 0 bridgehead atoms. The van der Waals surface area contributed by atoms with Gasteiger partial charge in [-0.15, -0.1) is 11.3 Å². The van der Waals surface area contributed by atoms with E-state index in [4.69, 9.17) is 30.0 Å². The van der Waals surface area contributed by atoms with Crippen molar-refractivity contribution in [3.05, 3.63) is 145 Å². The third kappa shape index (κ3) is 3.87. The molecule has 0 aliphatic heterocycles. The molecule has 4 nitrogen and oxygen atoms in total. The molecule has 6 aromatic carbocycles. The van der Waals surface area contributed by atoms with Gasteiger partial charge >= 0.3 is 0 Å². The molecule has 0 saturated carbocycles. The van der Waals surface area contributed by atoms with Crippen LogP contribution in [-0.4, -0.2) is 19.5 Å². The number of aromatic nitrogens is 4. The molecule has 0 N–H and O–H groups in total. The molecule has 0 spiro atoms. The lowest BCUT2D eigenvalue weighted by Gasteiger charge is -2.13. The molecular formula is C39H24N4S. The van der Waals surface area contributed by atoms with Crippen molar-refractivity contribution in [3.63, 3.8) is 0 Å². The number of nitrogens with zero attached hydrogens (tertiary/aromatic N) is 4. The summed E-state index contributed by atoms with van der Waals surface area (Å²) in [5.74, 6) is 0.226. The topological polar surface area (TPSA) is 43.6 Å². The van der Waals surface area contributed by atoms with Crippen LogP contribution in [0.5, 0.6) is 0 Å². The minimum atomic E-state index is -0.710. The molecular weight excluding hydrogens is 557 g/mol. The second-order valence-corrected chi connectivity index (χ2v) is 11.0. The predicted molar refractivity (Wildman–Crippen MR) is 183 cm³/mol. The predicted octanol–water partition coefficient (Wildman–Crippen LogP) is 10.3. The van der Waals surface area contributed by atoms with Gasteiger partial charge in [0.2, 0.25) is 0 Å². The fourth-order valence-corrected chi connectivity index (χ4v) is 6.77. The summed E-state index contributed by atoms with van der Waals surface area (Å²) >= 11 is 1.55. The van der Waals surface area contributed by atoms with Gasteiger partial charge < -0.3 is 4.57 Å². The number of hydrogen-bond donors (Lipinski definition) is 0. The maximum absolute atomic E-state index is 9.38. The van der Waals surface area contributed by atoms with Gasteiger partial charge in [-0.3, -0.25) is 0 Å². The summed E-state index contributed by atoms with van der Waals surface area (Å²) in [6, 6.07) is 15.0. The van der Waals surface area contributed by atoms with E-state index in [0.29, 0.717) is 11.1 Å². The Morgan fingerprint density at radius 2 is 1.23 bits per heavy atom. The molecule has 3 aromatic heterocycles. The SMILES string of the molecule is [2H]c1c([2H])c([2H])c(-n2c3c([2H])c([2H])c([2H])c([2H])c3c3c([2H])c([2H])c([2H])c(-c4nc(-c5ccccc5)nc(-c5cccc6c5sc5ccccc56)n4)c32)c([2H])c1[2H]. The molecule has 44 heavy (non-hydrogen) atoms. The van der Waals surface area contributed by atoms with E-state index in [1.165, 1.54) is 0 Å². The van der Waals surface area contributed by atoms with Gasteiger partial charge in [0, 0.05) is 53.3 Å². The van der Waals surface area contributed by atoms with Crippen LogP contribution in [0.1, 0.15) is 16.4 Å². The number of fused-ring (bicyclic) bond motifs is 6. The van der Waals surface area contributed by atoms with Gasteiger partial charge in [-0.2, -0.15) is 0 Å². The summed E-state index contributed by atoms with van der Waals surface area (Å²) < 4.78 is 109. The Hall–Kier alpha value is -5.65. The van der Waals surface area contributed by atoms with Gasteiger partial charge in [-0.05, 0) is 36.3 Å². The number of para-hydroxylation sites is 3. The van der Waals surface area contributed by atoms with Crippen LogP contribution in [0.2, 0.25) is 0 Å². The minimum Gasteiger partial charge on any atom is -0.309 e. The van der Waals surface area contributed by atoms with Crippen molar-refractivity contribution in [1.29, 1.82) is 0 Å². The zero-order chi connectivity index (χ0) is 39.5. The summed E-state index contributed by atoms with van der Waals surface area (Å²) in [6.45, 7) is 0. The molecule has 9 rings (SSSR count). The van der Waals surface area contributed by atoms with Gasteiger partial charge in [0.25, 0.3) is 0 Å². The Balaban J connectivity index is 1.51. The highest BCUT2D eigenvalue weighted by Crippen LogP contribution is 2.41. The zero-order valence-corrected chi connectivity index (χ0v) is 23.4. The Morgan fingerprint density at radius 1 is 0.523 bits per heavy atom. The van der Waals surface area contributed by atoms with Crippen LogP contribution in [-0.2, 0) is 0 Å². The Bertz CT molecular complexity index is 3150. The van der Waals surface area contributed by atoms with Crippen LogP contribution in [0.15, 0.2) is 145 Å². The average Bonchev–Trinajstić information content (AvgIpc) is 3.77. The van der Waals surface area contributed by atoms with E-state index >= 15 is 0 Å². The lowest BCUT2D eigenvalue weighted by Crippen LogP contribution is -2.02. The molecule has 0 aliphatic carbocycles. The van der Waals surface area contributed by atoms with Crippen LogP contribution < -0.4 is 0 Å². The van der Waals surface area contributed by atoms with Crippen LogP contribution >= 0.6 is 11.3 Å². The molecule has 5 heteroatoms. The van der Waals surface area contributed by atoms with Gasteiger partial charge in [-0.25, -0.2) is 15.0 Å². The van der Waals surface area contributed by atoms with Crippen molar-refractivity contribution < 1.29 is 16.4 Å². The maximum Gasteiger partial charge on any atom is 0.166 e. The number of benzene rings is 6. The Labute approximate surface area is 274 Å². The Kier molecular flexibility index (Phi) is 3.56. The quantitative estimate of drug-likeness (QED) is 0.204. The van der Waals surface area contributed by atoms with E-state index < -0.39 is 78.2 Å². The first kappa shape index (κ1) is 15.7. The fourth-order valence-electron chi connectivity index (χ4n) is 5.56. The molecule has 0 fully saturated rings. The largest absolute Gasteiger partial charge is 0.309 e. The molecule has 9 aromatic rings. The summed E-state index contributed by atoms with van der Waals surface area (Å²) in [5.41, 5.74) is 0.0280. The second kappa shape index (κ2) is 9.97. The third-order valence-electron chi connectivity index (χ3n) is 7.46. The van der Waals surface area contributed by atoms with Crippen LogP contribution in [0.25, 0.3) is 81.8 Å². The average molecular weight is 593 g/mol. The smallest absolute Gasteiger partial charge is 0.166 e. The van der Waals surface area contributed by atoms with E-state index in [9.17, 15) is 1.37 Å². The van der Waals surface area contributed by atoms with Gasteiger partial charge in [0.05, 0.1) is 27.5 Å². The molecule has 3 heterocycles. The standard InChI is InChI=1S/C39H24N4S/c1-3-13-25(14-4-1)37-40-38(42-39(41-37)32-22-12-20-30-28-18-8-10-24-34(28)44-36(30)32)31-21-11-19-29-27-17-7-9-23-33(27)43(35(29)31)26-15-5-2-6-16-26/h1-24H/i2D,5D,6D,7D,9D,11D,15D,16D,17D,19D,21D,23D. The summed E-state index contributed by atoms with van der Waals surface area (Å²) in [7, 11) is 0. The van der Waals surface area contributed by atoms with Crippen molar-refractivity contribution in [2.45, 2.75) is 0 Å². The monoisotopic (exact) mass is 592 g/mol. The maximum atomic E-state index is 9.38. The summed E-state index contributed by atoms with van der Waals surface area (Å²) in [5, 5.41) is 1.57. The van der Waals surface area contributed by atoms with E-state index in [2.05, 4.69) is 0 Å². The molecule has 0 amide bonds. The first-order valence-corrected chi connectivity index (χ1v) is 14.5. The van der Waals surface area contributed by atoms with E-state index in [0.717, 1.165) is 24.7 Å². The van der Waals surface area contributed by atoms with Gasteiger partial charge in [0.15, 0.2) is 17.5 Å². The van der Waals surface area contributed by atoms with Gasteiger partial charge in [-0.1, -0.05) is 109 Å². The summed E-state index contributed by atoms with van der Waals surface area (Å²) in [6.07, 6.45) is 0. The van der Waals surface area contributed by atoms with Crippen molar-refractivity contribution >= 4 is 53.3 Å². The molecule has 0 aliphatic rings. The number of hydrogen-bond acceptors (Lipinski definition) is 4. The third-order valence-corrected chi connectivity index (χ3v) is 8.68. The Morgan fingerprint density at radius 3 is 2.11 bits per heavy atom. The van der Waals surface area contributed by atoms with Gasteiger partial charge in [0.1, 0.15) is 0 Å². The van der Waals surface area contributed by atoms with Crippen molar-refractivity contribution in [3.8, 4) is 39.9 Å². The van der Waals surface area contributed by atoms with Crippen molar-refractivity contribution in [1.82, 2.24) is 19.5 Å². The molecule has 0 unspecified atom stereocenters. The van der Waals surface area contributed by atoms with Crippen LogP contribution in [0.3, 0.4) is 0 Å². The summed E-state index contributed by atoms with van der Waals surface area (Å²) in [4.78, 5) is 14.6. The molecule has 0 saturated heterocycles. The zero-order valence-electron chi connectivity index (χ0n) is 34.6. The van der Waals surface area contributed by atoms with Crippen molar-refractivity contribution in [2.75, 3.05) is 0 Å².